The van der Waals surface area contributed by atoms with Crippen LogP contribution < -0.4 is 10.6 Å². The molecule has 0 aliphatic carbocycles. The summed E-state index contributed by atoms with van der Waals surface area (Å²) in [5.74, 6) is -0.640. The van der Waals surface area contributed by atoms with Crippen molar-refractivity contribution in [1.82, 2.24) is 15.5 Å². The first-order valence-corrected chi connectivity index (χ1v) is 10.7. The number of nitrogens with zero attached hydrogens (tertiary/aromatic N) is 1. The van der Waals surface area contributed by atoms with E-state index in [0.717, 1.165) is 16.7 Å². The molecule has 0 heterocycles. The molecule has 3 amide bonds. The normalized spacial score (nSPS) is 12.9. The molecule has 31 heavy (non-hydrogen) atoms. The Hall–Kier alpha value is -2.57. The van der Waals surface area contributed by atoms with Gasteiger partial charge in [0, 0.05) is 11.6 Å². The lowest BCUT2D eigenvalue weighted by Crippen LogP contribution is -2.55. The van der Waals surface area contributed by atoms with E-state index in [4.69, 9.17) is 4.74 Å². The van der Waals surface area contributed by atoms with Gasteiger partial charge in [0.1, 0.15) is 18.2 Å². The van der Waals surface area contributed by atoms with E-state index in [1.807, 2.05) is 66.7 Å². The molecule has 0 aliphatic heterocycles. The molecular weight excluding hydrogens is 394 g/mol. The van der Waals surface area contributed by atoms with Gasteiger partial charge >= 0.3 is 6.09 Å². The van der Waals surface area contributed by atoms with Gasteiger partial charge in [-0.1, -0.05) is 18.2 Å². The van der Waals surface area contributed by atoms with Gasteiger partial charge in [0.05, 0.1) is 0 Å². The van der Waals surface area contributed by atoms with Crippen molar-refractivity contribution in [2.45, 2.75) is 92.5 Å². The molecule has 1 unspecified atom stereocenters. The number of hydrogen-bond donors (Lipinski definition) is 2. The fourth-order valence-corrected chi connectivity index (χ4v) is 3.17. The summed E-state index contributed by atoms with van der Waals surface area (Å²) in [4.78, 5) is 40.1. The van der Waals surface area contributed by atoms with E-state index in [1.54, 1.807) is 20.8 Å². The highest BCUT2D eigenvalue weighted by Crippen LogP contribution is 2.30. The zero-order valence-electron chi connectivity index (χ0n) is 20.7. The molecule has 0 aliphatic rings. The molecule has 0 saturated heterocycles. The number of carbonyl (C=O) groups is 3. The van der Waals surface area contributed by atoms with E-state index in [-0.39, 0.29) is 24.4 Å². The SMILES string of the molecule is Cc1ccc(C(C(=O)NC(C)C)N(C(=O)CNC(=O)OC(C)(C)C)C(C)(C)C)cc1C. The quantitative estimate of drug-likeness (QED) is 0.709. The molecule has 0 aromatic heterocycles. The first-order valence-electron chi connectivity index (χ1n) is 10.7. The van der Waals surface area contributed by atoms with Gasteiger partial charge in [-0.2, -0.15) is 0 Å². The van der Waals surface area contributed by atoms with E-state index in [1.165, 1.54) is 4.90 Å². The number of amides is 3. The summed E-state index contributed by atoms with van der Waals surface area (Å²) in [7, 11) is 0. The monoisotopic (exact) mass is 433 g/mol. The van der Waals surface area contributed by atoms with Crippen LogP contribution in [0.5, 0.6) is 0 Å². The van der Waals surface area contributed by atoms with Crippen LogP contribution in [0.4, 0.5) is 4.79 Å². The van der Waals surface area contributed by atoms with Crippen LogP contribution in [-0.4, -0.2) is 46.5 Å². The minimum absolute atomic E-state index is 0.0849. The zero-order valence-corrected chi connectivity index (χ0v) is 20.7. The molecule has 0 bridgehead atoms. The van der Waals surface area contributed by atoms with Crippen LogP contribution in [-0.2, 0) is 14.3 Å². The number of carbonyl (C=O) groups excluding carboxylic acids is 3. The van der Waals surface area contributed by atoms with Crippen LogP contribution in [0.3, 0.4) is 0 Å². The molecule has 7 heteroatoms. The summed E-state index contributed by atoms with van der Waals surface area (Å²) in [5.41, 5.74) is 1.52. The van der Waals surface area contributed by atoms with Gasteiger partial charge in [-0.25, -0.2) is 4.79 Å². The second kappa shape index (κ2) is 10.2. The predicted molar refractivity (Wildman–Crippen MR) is 123 cm³/mol. The summed E-state index contributed by atoms with van der Waals surface area (Å²) in [5, 5.41) is 5.45. The highest BCUT2D eigenvalue weighted by atomic mass is 16.6. The van der Waals surface area contributed by atoms with Crippen molar-refractivity contribution in [1.29, 1.82) is 0 Å². The maximum absolute atomic E-state index is 13.3. The number of ether oxygens (including phenoxy) is 1. The average Bonchev–Trinajstić information content (AvgIpc) is 2.56. The highest BCUT2D eigenvalue weighted by Gasteiger charge is 2.38. The molecule has 0 spiro atoms. The first-order chi connectivity index (χ1) is 14.0. The number of benzene rings is 1. The van der Waals surface area contributed by atoms with Gasteiger partial charge in [0.2, 0.25) is 11.8 Å². The number of nitrogens with one attached hydrogen (secondary N) is 2. The van der Waals surface area contributed by atoms with E-state index < -0.39 is 23.3 Å². The first kappa shape index (κ1) is 26.5. The summed E-state index contributed by atoms with van der Waals surface area (Å²) < 4.78 is 5.23. The molecule has 0 radical (unpaired) electrons. The molecule has 1 aromatic carbocycles. The van der Waals surface area contributed by atoms with Crippen LogP contribution >= 0.6 is 0 Å². The lowest BCUT2D eigenvalue weighted by molar-refractivity contribution is -0.146. The Kier molecular flexibility index (Phi) is 8.67. The number of aryl methyl sites for hydroxylation is 2. The van der Waals surface area contributed by atoms with Crippen LogP contribution in [0.2, 0.25) is 0 Å². The van der Waals surface area contributed by atoms with E-state index in [2.05, 4.69) is 10.6 Å². The Morgan fingerprint density at radius 2 is 1.58 bits per heavy atom. The van der Waals surface area contributed by atoms with Crippen molar-refractivity contribution in [3.8, 4) is 0 Å². The van der Waals surface area contributed by atoms with Gasteiger partial charge in [0.15, 0.2) is 0 Å². The summed E-state index contributed by atoms with van der Waals surface area (Å²) in [6, 6.07) is 4.84. The van der Waals surface area contributed by atoms with E-state index in [9.17, 15) is 14.4 Å². The second-order valence-electron chi connectivity index (χ2n) is 10.2. The Labute approximate surface area is 186 Å². The predicted octanol–water partition coefficient (Wildman–Crippen LogP) is 4.02. The number of rotatable bonds is 6. The highest BCUT2D eigenvalue weighted by molar-refractivity contribution is 5.91. The maximum atomic E-state index is 13.3. The van der Waals surface area contributed by atoms with E-state index >= 15 is 0 Å². The fourth-order valence-electron chi connectivity index (χ4n) is 3.17. The third-order valence-corrected chi connectivity index (χ3v) is 4.56. The van der Waals surface area contributed by atoms with Crippen molar-refractivity contribution in [2.24, 2.45) is 0 Å². The van der Waals surface area contributed by atoms with Crippen molar-refractivity contribution in [3.63, 3.8) is 0 Å². The van der Waals surface area contributed by atoms with Crippen molar-refractivity contribution in [2.75, 3.05) is 6.54 Å². The smallest absolute Gasteiger partial charge is 0.408 e. The third-order valence-electron chi connectivity index (χ3n) is 4.56. The van der Waals surface area contributed by atoms with Crippen molar-refractivity contribution < 1.29 is 19.1 Å². The Morgan fingerprint density at radius 1 is 1.00 bits per heavy atom. The average molecular weight is 434 g/mol. The topological polar surface area (TPSA) is 87.7 Å². The van der Waals surface area contributed by atoms with Gasteiger partial charge in [0.25, 0.3) is 0 Å². The molecule has 1 rings (SSSR count). The lowest BCUT2D eigenvalue weighted by atomic mass is 9.94. The van der Waals surface area contributed by atoms with Crippen LogP contribution in [0.1, 0.15) is 78.1 Å². The molecule has 0 fully saturated rings. The van der Waals surface area contributed by atoms with Gasteiger partial charge in [-0.15, -0.1) is 0 Å². The Bertz CT molecular complexity index is 804. The Balaban J connectivity index is 3.31. The molecule has 2 N–H and O–H groups in total. The van der Waals surface area contributed by atoms with Crippen molar-refractivity contribution >= 4 is 17.9 Å². The van der Waals surface area contributed by atoms with E-state index in [0.29, 0.717) is 0 Å². The second-order valence-corrected chi connectivity index (χ2v) is 10.2. The summed E-state index contributed by atoms with van der Waals surface area (Å²) >= 11 is 0. The Morgan fingerprint density at radius 3 is 2.03 bits per heavy atom. The van der Waals surface area contributed by atoms with Gasteiger partial charge in [-0.3, -0.25) is 9.59 Å². The minimum atomic E-state index is -0.838. The molecule has 1 aromatic rings. The zero-order chi connectivity index (χ0) is 24.1. The molecule has 1 atom stereocenters. The largest absolute Gasteiger partial charge is 0.444 e. The maximum Gasteiger partial charge on any atom is 0.408 e. The molecular formula is C24H39N3O4. The number of alkyl carbamates (subject to hydrolysis) is 1. The molecule has 7 nitrogen and oxygen atoms in total. The summed E-state index contributed by atoms with van der Waals surface area (Å²) in [6.07, 6.45) is -0.677. The fraction of sp³-hybridized carbons (Fsp3) is 0.625. The lowest BCUT2D eigenvalue weighted by Gasteiger charge is -2.41. The number of hydrogen-bond acceptors (Lipinski definition) is 4. The van der Waals surface area contributed by atoms with Crippen molar-refractivity contribution in [3.05, 3.63) is 34.9 Å². The molecule has 174 valence electrons. The molecule has 0 saturated carbocycles. The third kappa shape index (κ3) is 8.23. The van der Waals surface area contributed by atoms with Crippen LogP contribution in [0.15, 0.2) is 18.2 Å². The minimum Gasteiger partial charge on any atom is -0.444 e. The van der Waals surface area contributed by atoms with Gasteiger partial charge < -0.3 is 20.3 Å². The standard InChI is InChI=1S/C24H39N3O4/c1-15(2)26-21(29)20(18-12-11-16(3)17(4)13-18)27(23(5,6)7)19(28)14-25-22(30)31-24(8,9)10/h11-13,15,20H,14H2,1-10H3,(H,25,30)(H,26,29). The summed E-state index contributed by atoms with van der Waals surface area (Å²) in [6.45, 7) is 18.3. The van der Waals surface area contributed by atoms with Crippen LogP contribution in [0.25, 0.3) is 0 Å². The van der Waals surface area contributed by atoms with Crippen LogP contribution in [0, 0.1) is 13.8 Å². The van der Waals surface area contributed by atoms with Gasteiger partial charge in [-0.05, 0) is 85.9 Å².